The van der Waals surface area contributed by atoms with Gasteiger partial charge in [-0.1, -0.05) is 6.92 Å². The third-order valence-corrected chi connectivity index (χ3v) is 3.21. The van der Waals surface area contributed by atoms with Crippen LogP contribution < -0.4 is 5.73 Å². The van der Waals surface area contributed by atoms with Gasteiger partial charge in [-0.15, -0.1) is 0 Å². The van der Waals surface area contributed by atoms with Gasteiger partial charge in [-0.25, -0.2) is 0 Å². The maximum atomic E-state index is 12.0. The lowest BCUT2D eigenvalue weighted by molar-refractivity contribution is -0.146. The first-order chi connectivity index (χ1) is 7.60. The molecule has 1 rings (SSSR count). The topological polar surface area (TPSA) is 83.6 Å². The fraction of sp³-hybridized carbons (Fsp3) is 0.818. The number of piperidine rings is 1. The number of nitrogens with two attached hydrogens (primary N) is 1. The molecular formula is C11H20N2O3. The molecule has 1 unspecified atom stereocenters. The molecule has 5 heteroatoms. The van der Waals surface area contributed by atoms with Crippen molar-refractivity contribution >= 4 is 11.9 Å². The summed E-state index contributed by atoms with van der Waals surface area (Å²) in [4.78, 5) is 24.5. The lowest BCUT2D eigenvalue weighted by Gasteiger charge is -2.32. The van der Waals surface area contributed by atoms with E-state index in [2.05, 4.69) is 0 Å². The van der Waals surface area contributed by atoms with E-state index < -0.39 is 11.9 Å². The Labute approximate surface area is 95.6 Å². The van der Waals surface area contributed by atoms with Crippen LogP contribution >= 0.6 is 0 Å². The van der Waals surface area contributed by atoms with Gasteiger partial charge in [0.05, 0.1) is 11.8 Å². The summed E-state index contributed by atoms with van der Waals surface area (Å²) in [6.45, 7) is 3.27. The highest BCUT2D eigenvalue weighted by Gasteiger charge is 2.30. The highest BCUT2D eigenvalue weighted by Crippen LogP contribution is 2.19. The number of likely N-dealkylation sites (tertiary alicyclic amines) is 1. The quantitative estimate of drug-likeness (QED) is 0.724. The minimum Gasteiger partial charge on any atom is -0.481 e. The zero-order chi connectivity index (χ0) is 12.1. The molecule has 2 atom stereocenters. The van der Waals surface area contributed by atoms with Crippen molar-refractivity contribution in [1.29, 1.82) is 0 Å². The molecular weight excluding hydrogens is 208 g/mol. The monoisotopic (exact) mass is 228 g/mol. The smallest absolute Gasteiger partial charge is 0.308 e. The molecule has 1 aliphatic heterocycles. The van der Waals surface area contributed by atoms with Gasteiger partial charge in [0.15, 0.2) is 0 Å². The summed E-state index contributed by atoms with van der Waals surface area (Å²) in [5.74, 6) is -1.37. The molecule has 0 radical (unpaired) electrons. The van der Waals surface area contributed by atoms with Gasteiger partial charge in [0, 0.05) is 19.6 Å². The normalized spacial score (nSPS) is 22.9. The first-order valence-electron chi connectivity index (χ1n) is 5.81. The van der Waals surface area contributed by atoms with Gasteiger partial charge in [0.25, 0.3) is 0 Å². The number of carbonyl (C=O) groups excluding carboxylic acids is 1. The molecule has 3 N–H and O–H groups in total. The summed E-state index contributed by atoms with van der Waals surface area (Å²) in [7, 11) is 0. The van der Waals surface area contributed by atoms with Crippen molar-refractivity contribution in [1.82, 2.24) is 4.90 Å². The third-order valence-electron chi connectivity index (χ3n) is 3.21. The van der Waals surface area contributed by atoms with Gasteiger partial charge in [0.2, 0.25) is 5.91 Å². The number of hydrogen-bond acceptors (Lipinski definition) is 3. The molecule has 5 nitrogen and oxygen atoms in total. The number of carbonyl (C=O) groups is 2. The van der Waals surface area contributed by atoms with Crippen LogP contribution in [-0.2, 0) is 9.59 Å². The number of amides is 1. The molecule has 1 heterocycles. The largest absolute Gasteiger partial charge is 0.481 e. The minimum atomic E-state index is -0.807. The fourth-order valence-corrected chi connectivity index (χ4v) is 2.08. The van der Waals surface area contributed by atoms with Crippen molar-refractivity contribution in [2.45, 2.75) is 26.2 Å². The van der Waals surface area contributed by atoms with Gasteiger partial charge >= 0.3 is 5.97 Å². The van der Waals surface area contributed by atoms with E-state index in [4.69, 9.17) is 10.8 Å². The Bertz CT molecular complexity index is 264. The van der Waals surface area contributed by atoms with Crippen molar-refractivity contribution in [2.24, 2.45) is 17.6 Å². The predicted molar refractivity (Wildman–Crippen MR) is 59.8 cm³/mol. The highest BCUT2D eigenvalue weighted by atomic mass is 16.4. The second-order valence-corrected chi connectivity index (χ2v) is 4.30. The van der Waals surface area contributed by atoms with E-state index in [1.165, 1.54) is 0 Å². The lowest BCUT2D eigenvalue weighted by atomic mass is 9.96. The molecule has 0 saturated carbocycles. The van der Waals surface area contributed by atoms with E-state index in [0.717, 1.165) is 6.42 Å². The highest BCUT2D eigenvalue weighted by molar-refractivity contribution is 5.80. The first-order valence-corrected chi connectivity index (χ1v) is 5.81. The third kappa shape index (κ3) is 2.95. The number of hydrogen-bond donors (Lipinski definition) is 2. The maximum Gasteiger partial charge on any atom is 0.308 e. The number of aliphatic carboxylic acids is 1. The molecule has 92 valence electrons. The Kier molecular flexibility index (Phi) is 4.73. The van der Waals surface area contributed by atoms with Gasteiger partial charge < -0.3 is 15.7 Å². The first kappa shape index (κ1) is 13.0. The van der Waals surface area contributed by atoms with Crippen LogP contribution in [0.15, 0.2) is 0 Å². The van der Waals surface area contributed by atoms with E-state index >= 15 is 0 Å². The number of rotatable bonds is 4. The number of carboxylic acids is 1. The van der Waals surface area contributed by atoms with Crippen molar-refractivity contribution in [3.05, 3.63) is 0 Å². The predicted octanol–water partition coefficient (Wildman–Crippen LogP) is 0.295. The van der Waals surface area contributed by atoms with E-state index in [1.54, 1.807) is 4.90 Å². The molecule has 0 aromatic rings. The zero-order valence-electron chi connectivity index (χ0n) is 9.69. The summed E-state index contributed by atoms with van der Waals surface area (Å²) >= 11 is 0. The molecule has 1 amide bonds. The van der Waals surface area contributed by atoms with Crippen LogP contribution in [0, 0.1) is 11.8 Å². The molecule has 0 aromatic heterocycles. The van der Waals surface area contributed by atoms with Crippen molar-refractivity contribution in [3.63, 3.8) is 0 Å². The van der Waals surface area contributed by atoms with Gasteiger partial charge in [-0.05, 0) is 19.3 Å². The second-order valence-electron chi connectivity index (χ2n) is 4.30. The van der Waals surface area contributed by atoms with E-state index in [1.807, 2.05) is 6.92 Å². The SMILES string of the molecule is CCC(CN)C(=O)N1CCC[C@@H](C(=O)O)C1. The molecule has 1 saturated heterocycles. The van der Waals surface area contributed by atoms with Crippen LogP contribution in [0.2, 0.25) is 0 Å². The summed E-state index contributed by atoms with van der Waals surface area (Å²) in [6, 6.07) is 0. The Balaban J connectivity index is 2.59. The Hall–Kier alpha value is -1.10. The molecule has 16 heavy (non-hydrogen) atoms. The zero-order valence-corrected chi connectivity index (χ0v) is 9.69. The summed E-state index contributed by atoms with van der Waals surface area (Å²) in [5.41, 5.74) is 5.52. The maximum absolute atomic E-state index is 12.0. The van der Waals surface area contributed by atoms with Crippen LogP contribution in [0.4, 0.5) is 0 Å². The van der Waals surface area contributed by atoms with Gasteiger partial charge in [-0.2, -0.15) is 0 Å². The van der Waals surface area contributed by atoms with E-state index in [0.29, 0.717) is 32.5 Å². The Morgan fingerprint density at radius 3 is 2.75 bits per heavy atom. The van der Waals surface area contributed by atoms with Crippen LogP contribution in [0.5, 0.6) is 0 Å². The Morgan fingerprint density at radius 2 is 2.25 bits per heavy atom. The Morgan fingerprint density at radius 1 is 1.56 bits per heavy atom. The van der Waals surface area contributed by atoms with E-state index in [9.17, 15) is 9.59 Å². The van der Waals surface area contributed by atoms with Gasteiger partial charge in [0.1, 0.15) is 0 Å². The lowest BCUT2D eigenvalue weighted by Crippen LogP contribution is -2.46. The summed E-state index contributed by atoms with van der Waals surface area (Å²) in [5, 5.41) is 8.93. The van der Waals surface area contributed by atoms with Crippen LogP contribution in [0.25, 0.3) is 0 Å². The average Bonchev–Trinajstić information content (AvgIpc) is 2.30. The summed E-state index contributed by atoms with van der Waals surface area (Å²) in [6.07, 6.45) is 2.14. The van der Waals surface area contributed by atoms with Crippen LogP contribution in [0.1, 0.15) is 26.2 Å². The molecule has 0 spiro atoms. The van der Waals surface area contributed by atoms with Crippen LogP contribution in [-0.4, -0.2) is 41.5 Å². The minimum absolute atomic E-state index is 0.0101. The second kappa shape index (κ2) is 5.84. The number of nitrogens with zero attached hydrogens (tertiary/aromatic N) is 1. The fourth-order valence-electron chi connectivity index (χ4n) is 2.08. The molecule has 1 fully saturated rings. The van der Waals surface area contributed by atoms with Crippen molar-refractivity contribution in [2.75, 3.05) is 19.6 Å². The molecule has 0 aliphatic carbocycles. The van der Waals surface area contributed by atoms with Crippen molar-refractivity contribution < 1.29 is 14.7 Å². The molecule has 0 aromatic carbocycles. The molecule has 1 aliphatic rings. The number of carboxylic acid groups (broad SMARTS) is 1. The molecule has 0 bridgehead atoms. The van der Waals surface area contributed by atoms with E-state index in [-0.39, 0.29) is 11.8 Å². The van der Waals surface area contributed by atoms with Crippen LogP contribution in [0.3, 0.4) is 0 Å². The van der Waals surface area contributed by atoms with Crippen molar-refractivity contribution in [3.8, 4) is 0 Å². The standard InChI is InChI=1S/C11H20N2O3/c1-2-8(6-12)10(14)13-5-3-4-9(7-13)11(15)16/h8-9H,2-7,12H2,1H3,(H,15,16)/t8?,9-/m1/s1. The average molecular weight is 228 g/mol. The summed E-state index contributed by atoms with van der Waals surface area (Å²) < 4.78 is 0. The van der Waals surface area contributed by atoms with Gasteiger partial charge in [-0.3, -0.25) is 9.59 Å².